The number of rotatable bonds is 15. The van der Waals surface area contributed by atoms with E-state index < -0.39 is 6.03 Å². The molecule has 2 amide bonds. The molecule has 8 nitrogen and oxygen atoms in total. The van der Waals surface area contributed by atoms with Crippen LogP contribution in [-0.4, -0.2) is 46.7 Å². The van der Waals surface area contributed by atoms with Crippen molar-refractivity contribution in [3.8, 4) is 16.9 Å². The van der Waals surface area contributed by atoms with Gasteiger partial charge in [-0.25, -0.2) is 9.78 Å². The second-order valence-electron chi connectivity index (χ2n) is 13.2. The SMILES string of the molecule is CCN(CC)CCCOc1cccc(-c2c(NC(=O)Nc3c(C(C)C)cccc3C(C)C)c(=O)n(CCC(C)C)c3ncccc23)c1. The zero-order valence-corrected chi connectivity index (χ0v) is 29.5. The van der Waals surface area contributed by atoms with E-state index in [9.17, 15) is 9.59 Å². The van der Waals surface area contributed by atoms with Gasteiger partial charge in [0.15, 0.2) is 0 Å². The van der Waals surface area contributed by atoms with Gasteiger partial charge >= 0.3 is 6.03 Å². The number of aromatic nitrogens is 2. The van der Waals surface area contributed by atoms with Gasteiger partial charge in [0, 0.05) is 35.9 Å². The first-order valence-corrected chi connectivity index (χ1v) is 17.2. The molecule has 47 heavy (non-hydrogen) atoms. The summed E-state index contributed by atoms with van der Waals surface area (Å²) < 4.78 is 7.88. The molecule has 2 N–H and O–H groups in total. The third-order valence-corrected chi connectivity index (χ3v) is 8.71. The molecule has 0 spiro atoms. The van der Waals surface area contributed by atoms with Gasteiger partial charge in [-0.2, -0.15) is 0 Å². The lowest BCUT2D eigenvalue weighted by atomic mass is 9.93. The Morgan fingerprint density at radius 3 is 2.19 bits per heavy atom. The summed E-state index contributed by atoms with van der Waals surface area (Å²) in [6.07, 6.45) is 3.42. The van der Waals surface area contributed by atoms with Gasteiger partial charge in [-0.1, -0.05) is 85.7 Å². The highest BCUT2D eigenvalue weighted by atomic mass is 16.5. The van der Waals surface area contributed by atoms with Crippen LogP contribution in [0.1, 0.15) is 91.2 Å². The van der Waals surface area contributed by atoms with Crippen LogP contribution in [0, 0.1) is 5.92 Å². The summed E-state index contributed by atoms with van der Waals surface area (Å²) in [5.74, 6) is 1.51. The molecule has 0 saturated carbocycles. The van der Waals surface area contributed by atoms with E-state index in [0.29, 0.717) is 36.0 Å². The maximum absolute atomic E-state index is 14.4. The van der Waals surface area contributed by atoms with Crippen molar-refractivity contribution in [3.63, 3.8) is 0 Å². The molecule has 4 rings (SSSR count). The molecule has 0 atom stereocenters. The largest absolute Gasteiger partial charge is 0.494 e. The van der Waals surface area contributed by atoms with Crippen molar-refractivity contribution in [1.29, 1.82) is 0 Å². The third-order valence-electron chi connectivity index (χ3n) is 8.71. The fraction of sp³-hybridized carbons (Fsp3) is 0.462. The van der Waals surface area contributed by atoms with Gasteiger partial charge in [0.2, 0.25) is 0 Å². The quantitative estimate of drug-likeness (QED) is 0.127. The molecule has 0 aliphatic carbocycles. The average Bonchev–Trinajstić information content (AvgIpc) is 3.04. The number of pyridine rings is 2. The van der Waals surface area contributed by atoms with Crippen LogP contribution in [-0.2, 0) is 6.54 Å². The van der Waals surface area contributed by atoms with E-state index in [4.69, 9.17) is 4.74 Å². The fourth-order valence-corrected chi connectivity index (χ4v) is 6.00. The van der Waals surface area contributed by atoms with E-state index in [1.54, 1.807) is 10.8 Å². The van der Waals surface area contributed by atoms with Crippen molar-refractivity contribution >= 4 is 28.4 Å². The molecule has 8 heteroatoms. The second-order valence-corrected chi connectivity index (χ2v) is 13.2. The van der Waals surface area contributed by atoms with Crippen molar-refractivity contribution in [2.75, 3.05) is 36.9 Å². The molecule has 252 valence electrons. The normalized spacial score (nSPS) is 11.7. The van der Waals surface area contributed by atoms with Gasteiger partial charge in [0.1, 0.15) is 17.1 Å². The van der Waals surface area contributed by atoms with E-state index in [1.165, 1.54) is 0 Å². The molecule has 0 radical (unpaired) electrons. The molecular weight excluding hydrogens is 586 g/mol. The summed E-state index contributed by atoms with van der Waals surface area (Å²) in [5.41, 5.74) is 4.83. The summed E-state index contributed by atoms with van der Waals surface area (Å²) >= 11 is 0. The van der Waals surface area contributed by atoms with Crippen LogP contribution in [0.15, 0.2) is 65.6 Å². The number of anilines is 2. The molecule has 4 aromatic rings. The minimum Gasteiger partial charge on any atom is -0.494 e. The van der Waals surface area contributed by atoms with Crippen molar-refractivity contribution in [2.45, 2.75) is 86.6 Å². The lowest BCUT2D eigenvalue weighted by Gasteiger charge is -2.22. The zero-order chi connectivity index (χ0) is 34.1. The lowest BCUT2D eigenvalue weighted by molar-refractivity contribution is 0.249. The Hall–Kier alpha value is -4.17. The van der Waals surface area contributed by atoms with Gasteiger partial charge in [0.25, 0.3) is 5.56 Å². The number of hydrogen-bond acceptors (Lipinski definition) is 5. The van der Waals surface area contributed by atoms with Crippen LogP contribution in [0.3, 0.4) is 0 Å². The molecule has 2 aromatic carbocycles. The second kappa shape index (κ2) is 16.6. The number of amides is 2. The zero-order valence-electron chi connectivity index (χ0n) is 29.5. The molecule has 0 aliphatic heterocycles. The van der Waals surface area contributed by atoms with Crippen LogP contribution < -0.4 is 20.9 Å². The first kappa shape index (κ1) is 35.7. The predicted molar refractivity (Wildman–Crippen MR) is 196 cm³/mol. The number of hydrogen-bond donors (Lipinski definition) is 2. The number of nitrogens with one attached hydrogen (secondary N) is 2. The maximum Gasteiger partial charge on any atom is 0.323 e. The highest BCUT2D eigenvalue weighted by molar-refractivity contribution is 6.07. The van der Waals surface area contributed by atoms with Crippen LogP contribution in [0.2, 0.25) is 0 Å². The van der Waals surface area contributed by atoms with Gasteiger partial charge in [0.05, 0.1) is 6.61 Å². The molecule has 0 bridgehead atoms. The molecular formula is C39H53N5O3. The molecule has 0 saturated heterocycles. The van der Waals surface area contributed by atoms with Crippen LogP contribution in [0.5, 0.6) is 5.75 Å². The topological polar surface area (TPSA) is 88.5 Å². The Morgan fingerprint density at radius 1 is 0.894 bits per heavy atom. The Bertz CT molecular complexity index is 1680. The van der Waals surface area contributed by atoms with Crippen molar-refractivity contribution in [3.05, 3.63) is 82.3 Å². The molecule has 0 aliphatic rings. The van der Waals surface area contributed by atoms with Crippen molar-refractivity contribution in [2.24, 2.45) is 5.92 Å². The number of aryl methyl sites for hydroxylation is 1. The first-order valence-electron chi connectivity index (χ1n) is 17.2. The maximum atomic E-state index is 14.4. The number of benzene rings is 2. The van der Waals surface area contributed by atoms with E-state index in [0.717, 1.165) is 60.2 Å². The number of fused-ring (bicyclic) bond motifs is 1. The highest BCUT2D eigenvalue weighted by Crippen LogP contribution is 2.36. The summed E-state index contributed by atoms with van der Waals surface area (Å²) in [5, 5.41) is 6.94. The van der Waals surface area contributed by atoms with E-state index in [2.05, 4.69) is 75.9 Å². The first-order chi connectivity index (χ1) is 22.5. The molecule has 2 heterocycles. The van der Waals surface area contributed by atoms with Gasteiger partial charge in [-0.15, -0.1) is 0 Å². The van der Waals surface area contributed by atoms with Crippen LogP contribution in [0.4, 0.5) is 16.2 Å². The van der Waals surface area contributed by atoms with Gasteiger partial charge in [-0.05, 0) is 84.6 Å². The average molecular weight is 640 g/mol. The summed E-state index contributed by atoms with van der Waals surface area (Å²) in [7, 11) is 0. The Balaban J connectivity index is 1.79. The van der Waals surface area contributed by atoms with Crippen LogP contribution in [0.25, 0.3) is 22.2 Å². The smallest absolute Gasteiger partial charge is 0.323 e. The standard InChI is InChI=1S/C39H53N5O3/c1-9-43(10-2)22-14-24-47-30-16-11-15-29(25-30)34-33-19-13-21-40-37(33)44(23-20-26(3)4)38(45)36(34)42-39(46)41-35-31(27(5)6)17-12-18-32(35)28(7)8/h11-13,15-19,21,25-28H,9-10,14,20,22-24H2,1-8H3,(H2,41,42,46). The van der Waals surface area contributed by atoms with E-state index >= 15 is 0 Å². The van der Waals surface area contributed by atoms with Crippen LogP contribution >= 0.6 is 0 Å². The molecule has 0 fully saturated rings. The molecule has 2 aromatic heterocycles. The Morgan fingerprint density at radius 2 is 1.55 bits per heavy atom. The lowest BCUT2D eigenvalue weighted by Crippen LogP contribution is -2.30. The number of carbonyl (C=O) groups excluding carboxylic acids is 1. The number of nitrogens with zero attached hydrogens (tertiary/aromatic N) is 3. The minimum absolute atomic E-state index is 0.203. The molecule has 0 unspecified atom stereocenters. The van der Waals surface area contributed by atoms with E-state index in [-0.39, 0.29) is 23.1 Å². The number of para-hydroxylation sites is 1. The van der Waals surface area contributed by atoms with E-state index in [1.807, 2.05) is 54.6 Å². The summed E-state index contributed by atoms with van der Waals surface area (Å²) in [4.78, 5) is 35.3. The summed E-state index contributed by atoms with van der Waals surface area (Å²) in [6.45, 7) is 21.1. The third kappa shape index (κ3) is 8.80. The highest BCUT2D eigenvalue weighted by Gasteiger charge is 2.23. The van der Waals surface area contributed by atoms with Gasteiger partial charge in [-0.3, -0.25) is 9.36 Å². The van der Waals surface area contributed by atoms with Gasteiger partial charge < -0.3 is 20.3 Å². The number of carbonyl (C=O) groups is 1. The summed E-state index contributed by atoms with van der Waals surface area (Å²) in [6, 6.07) is 17.3. The van der Waals surface area contributed by atoms with Crippen molar-refractivity contribution in [1.82, 2.24) is 14.5 Å². The fourth-order valence-electron chi connectivity index (χ4n) is 6.00. The Labute approximate surface area is 280 Å². The predicted octanol–water partition coefficient (Wildman–Crippen LogP) is 9.11. The van der Waals surface area contributed by atoms with Crippen molar-refractivity contribution < 1.29 is 9.53 Å². The minimum atomic E-state index is -0.458. The Kier molecular flexibility index (Phi) is 12.6. The number of urea groups is 1. The number of ether oxygens (including phenoxy) is 1. The monoisotopic (exact) mass is 639 g/mol.